The van der Waals surface area contributed by atoms with Gasteiger partial charge in [0.1, 0.15) is 5.58 Å². The van der Waals surface area contributed by atoms with Crippen LogP contribution in [0.4, 0.5) is 18.9 Å². The zero-order valence-electron chi connectivity index (χ0n) is 14.0. The van der Waals surface area contributed by atoms with Gasteiger partial charge in [-0.3, -0.25) is 0 Å². The molecule has 0 aliphatic carbocycles. The van der Waals surface area contributed by atoms with Crippen molar-refractivity contribution in [2.24, 2.45) is 0 Å². The summed E-state index contributed by atoms with van der Waals surface area (Å²) in [6.45, 7) is -3.10. The van der Waals surface area contributed by atoms with E-state index in [4.69, 9.17) is 27.6 Å². The lowest BCUT2D eigenvalue weighted by Gasteiger charge is -2.08. The fraction of sp³-hybridized carbons (Fsp3) is 0.118. The van der Waals surface area contributed by atoms with E-state index >= 15 is 0 Å². The van der Waals surface area contributed by atoms with Crippen molar-refractivity contribution < 1.29 is 17.6 Å². The monoisotopic (exact) mass is 429 g/mol. The van der Waals surface area contributed by atoms with Gasteiger partial charge in [0.05, 0.1) is 0 Å². The fourth-order valence-electron chi connectivity index (χ4n) is 2.42. The van der Waals surface area contributed by atoms with E-state index in [-0.39, 0.29) is 0 Å². The Bertz CT molecular complexity index is 1050. The van der Waals surface area contributed by atoms with Crippen molar-refractivity contribution in [2.75, 3.05) is 5.32 Å². The number of furan rings is 1. The standard InChI is InChI=1S/C16H11Cl2N5O.CHF3/c17-11-2-1-3-12(6-11)19-8-10-4-9-5-15(16-20-22-23-21-16)24-14(9)7-13(10)18;2-1(3)4/h1-7,19H,8H2,(H,20,21,22,23);1H. The lowest BCUT2D eigenvalue weighted by Crippen LogP contribution is -1.99. The van der Waals surface area contributed by atoms with E-state index < -0.39 is 6.68 Å². The summed E-state index contributed by atoms with van der Waals surface area (Å²) in [6, 6.07) is 13.2. The Morgan fingerprint density at radius 2 is 1.89 bits per heavy atom. The number of aromatic amines is 1. The molecule has 0 saturated heterocycles. The number of benzene rings is 2. The summed E-state index contributed by atoms with van der Waals surface area (Å²) >= 11 is 12.3. The molecule has 2 aromatic heterocycles. The first-order valence-corrected chi connectivity index (χ1v) is 8.55. The molecule has 2 N–H and O–H groups in total. The molecule has 11 heteroatoms. The number of nitrogens with zero attached hydrogens (tertiary/aromatic N) is 3. The number of alkyl halides is 3. The topological polar surface area (TPSA) is 79.6 Å². The molecule has 0 spiro atoms. The van der Waals surface area contributed by atoms with Gasteiger partial charge < -0.3 is 9.73 Å². The quantitative estimate of drug-likeness (QED) is 0.434. The Hall–Kier alpha value is -2.78. The summed E-state index contributed by atoms with van der Waals surface area (Å²) in [5.74, 6) is 0.940. The lowest BCUT2D eigenvalue weighted by molar-refractivity contribution is 0.00819. The number of hydrogen-bond donors (Lipinski definition) is 2. The van der Waals surface area contributed by atoms with Gasteiger partial charge in [-0.05, 0) is 41.1 Å². The number of aromatic nitrogens is 4. The molecule has 0 atom stereocenters. The van der Waals surface area contributed by atoms with Crippen LogP contribution >= 0.6 is 23.2 Å². The van der Waals surface area contributed by atoms with E-state index in [1.54, 1.807) is 6.07 Å². The number of halogens is 5. The first-order valence-electron chi connectivity index (χ1n) is 7.80. The summed E-state index contributed by atoms with van der Waals surface area (Å²) in [6.07, 6.45) is 0. The Labute approximate surface area is 166 Å². The highest BCUT2D eigenvalue weighted by atomic mass is 35.5. The maximum Gasteiger partial charge on any atom is 0.379 e. The van der Waals surface area contributed by atoms with Crippen molar-refractivity contribution in [3.63, 3.8) is 0 Å². The number of fused-ring (bicyclic) bond motifs is 1. The first kappa shape index (κ1) is 20.0. The number of rotatable bonds is 4. The molecule has 0 aliphatic rings. The Kier molecular flexibility index (Phi) is 6.37. The van der Waals surface area contributed by atoms with Gasteiger partial charge in [-0.25, -0.2) is 0 Å². The second kappa shape index (κ2) is 8.94. The van der Waals surface area contributed by atoms with Gasteiger partial charge in [-0.1, -0.05) is 29.3 Å². The highest BCUT2D eigenvalue weighted by Crippen LogP contribution is 2.30. The molecule has 2 aromatic carbocycles. The average Bonchev–Trinajstić information content (AvgIpc) is 3.28. The van der Waals surface area contributed by atoms with Crippen LogP contribution < -0.4 is 5.32 Å². The summed E-state index contributed by atoms with van der Waals surface area (Å²) in [7, 11) is 0. The van der Waals surface area contributed by atoms with Gasteiger partial charge >= 0.3 is 6.68 Å². The van der Waals surface area contributed by atoms with E-state index in [0.29, 0.717) is 33.8 Å². The maximum atomic E-state index is 9.67. The van der Waals surface area contributed by atoms with Crippen LogP contribution in [0.1, 0.15) is 5.56 Å². The van der Waals surface area contributed by atoms with E-state index in [0.717, 1.165) is 16.6 Å². The molecule has 0 aliphatic heterocycles. The molecule has 0 radical (unpaired) electrons. The molecule has 28 heavy (non-hydrogen) atoms. The number of hydrogen-bond acceptors (Lipinski definition) is 5. The van der Waals surface area contributed by atoms with E-state index in [1.807, 2.05) is 36.4 Å². The van der Waals surface area contributed by atoms with Crippen molar-refractivity contribution in [1.82, 2.24) is 20.6 Å². The molecule has 0 amide bonds. The van der Waals surface area contributed by atoms with Crippen LogP contribution in [0.25, 0.3) is 22.6 Å². The van der Waals surface area contributed by atoms with Crippen LogP contribution in [-0.4, -0.2) is 27.3 Å². The van der Waals surface area contributed by atoms with Crippen molar-refractivity contribution in [2.45, 2.75) is 13.2 Å². The summed E-state index contributed by atoms with van der Waals surface area (Å²) in [5, 5.41) is 19.3. The predicted octanol–water partition coefficient (Wildman–Crippen LogP) is 5.71. The van der Waals surface area contributed by atoms with Crippen LogP contribution in [0, 0.1) is 0 Å². The van der Waals surface area contributed by atoms with Gasteiger partial charge in [0.25, 0.3) is 0 Å². The molecule has 0 saturated carbocycles. The van der Waals surface area contributed by atoms with Gasteiger partial charge in [-0.15, -0.1) is 10.2 Å². The van der Waals surface area contributed by atoms with Crippen LogP contribution in [0.3, 0.4) is 0 Å². The van der Waals surface area contributed by atoms with Crippen molar-refractivity contribution in [1.29, 1.82) is 0 Å². The molecular formula is C17H12Cl2F3N5O. The third-order valence-electron chi connectivity index (χ3n) is 3.56. The van der Waals surface area contributed by atoms with Crippen LogP contribution in [0.5, 0.6) is 0 Å². The summed E-state index contributed by atoms with van der Waals surface area (Å²) < 4.78 is 34.7. The third kappa shape index (κ3) is 5.14. The van der Waals surface area contributed by atoms with Crippen molar-refractivity contribution >= 4 is 39.9 Å². The number of nitrogens with one attached hydrogen (secondary N) is 2. The molecule has 0 unspecified atom stereocenters. The molecule has 0 bridgehead atoms. The minimum Gasteiger partial charge on any atom is -0.453 e. The molecule has 4 rings (SSSR count). The number of anilines is 1. The van der Waals surface area contributed by atoms with Gasteiger partial charge in [0, 0.05) is 33.7 Å². The summed E-state index contributed by atoms with van der Waals surface area (Å²) in [5.41, 5.74) is 2.55. The largest absolute Gasteiger partial charge is 0.453 e. The van der Waals surface area contributed by atoms with E-state index in [9.17, 15) is 13.2 Å². The second-order valence-electron chi connectivity index (χ2n) is 5.44. The van der Waals surface area contributed by atoms with Crippen molar-refractivity contribution in [3.05, 3.63) is 58.1 Å². The number of H-pyrrole nitrogens is 1. The van der Waals surface area contributed by atoms with Gasteiger partial charge in [-0.2, -0.15) is 18.4 Å². The average molecular weight is 430 g/mol. The van der Waals surface area contributed by atoms with Crippen molar-refractivity contribution in [3.8, 4) is 11.6 Å². The SMILES string of the molecule is Clc1cccc(NCc2cc3cc(-c4nn[nH]n4)oc3cc2Cl)c1.FC(F)F. The summed E-state index contributed by atoms with van der Waals surface area (Å²) in [4.78, 5) is 0. The van der Waals surface area contributed by atoms with Crippen LogP contribution in [-0.2, 0) is 6.54 Å². The molecular weight excluding hydrogens is 418 g/mol. The minimum absolute atomic E-state index is 0.404. The molecule has 6 nitrogen and oxygen atoms in total. The zero-order valence-corrected chi connectivity index (χ0v) is 15.5. The molecule has 146 valence electrons. The molecule has 2 heterocycles. The second-order valence-corrected chi connectivity index (χ2v) is 6.28. The smallest absolute Gasteiger partial charge is 0.379 e. The molecule has 4 aromatic rings. The highest BCUT2D eigenvalue weighted by Gasteiger charge is 2.12. The van der Waals surface area contributed by atoms with Gasteiger partial charge in [0.2, 0.25) is 5.82 Å². The lowest BCUT2D eigenvalue weighted by atomic mass is 10.1. The normalized spacial score (nSPS) is 10.8. The Morgan fingerprint density at radius 1 is 1.11 bits per heavy atom. The maximum absolute atomic E-state index is 9.67. The highest BCUT2D eigenvalue weighted by molar-refractivity contribution is 6.32. The third-order valence-corrected chi connectivity index (χ3v) is 4.15. The van der Waals surface area contributed by atoms with Gasteiger partial charge in [0.15, 0.2) is 5.76 Å². The first-order chi connectivity index (χ1) is 13.4. The van der Waals surface area contributed by atoms with Crippen LogP contribution in [0.2, 0.25) is 10.0 Å². The predicted molar refractivity (Wildman–Crippen MR) is 100 cm³/mol. The minimum atomic E-state index is -3.67. The Balaban J connectivity index is 0.000000516. The number of tetrazole rings is 1. The zero-order chi connectivity index (χ0) is 20.1. The van der Waals surface area contributed by atoms with Crippen LogP contribution in [0.15, 0.2) is 46.9 Å². The van der Waals surface area contributed by atoms with E-state index in [2.05, 4.69) is 25.9 Å². The fourth-order valence-corrected chi connectivity index (χ4v) is 2.83. The Morgan fingerprint density at radius 3 is 2.57 bits per heavy atom. The van der Waals surface area contributed by atoms with E-state index in [1.165, 1.54) is 0 Å². The molecule has 0 fully saturated rings.